The molecule has 7 heteroatoms. The summed E-state index contributed by atoms with van der Waals surface area (Å²) in [6.07, 6.45) is 4.02. The third-order valence-corrected chi connectivity index (χ3v) is 3.86. The molecule has 2 aromatic rings. The zero-order valence-electron chi connectivity index (χ0n) is 16.2. The first-order chi connectivity index (χ1) is 13.5. The van der Waals surface area contributed by atoms with Crippen molar-refractivity contribution < 1.29 is 19.0 Å². The zero-order valence-corrected chi connectivity index (χ0v) is 17.0. The van der Waals surface area contributed by atoms with E-state index in [2.05, 4.69) is 17.6 Å². The molecule has 0 unspecified atom stereocenters. The molecule has 0 aromatic heterocycles. The number of amides is 1. The Morgan fingerprint density at radius 3 is 2.43 bits per heavy atom. The highest BCUT2D eigenvalue weighted by Crippen LogP contribution is 2.27. The number of hydrogen-bond acceptors (Lipinski definition) is 5. The molecule has 0 spiro atoms. The molecule has 0 bridgehead atoms. The Labute approximate surface area is 170 Å². The number of rotatable bonds is 8. The number of carbonyl (C=O) groups excluding carboxylic acids is 1. The van der Waals surface area contributed by atoms with Crippen molar-refractivity contribution >= 4 is 35.0 Å². The predicted molar refractivity (Wildman–Crippen MR) is 115 cm³/mol. The van der Waals surface area contributed by atoms with E-state index >= 15 is 0 Å². The smallest absolute Gasteiger partial charge is 0.250 e. The molecule has 0 aliphatic heterocycles. The van der Waals surface area contributed by atoms with E-state index in [1.54, 1.807) is 32.4 Å². The number of benzene rings is 2. The van der Waals surface area contributed by atoms with E-state index < -0.39 is 0 Å². The second-order valence-electron chi connectivity index (χ2n) is 5.76. The van der Waals surface area contributed by atoms with Gasteiger partial charge in [-0.25, -0.2) is 0 Å². The van der Waals surface area contributed by atoms with Gasteiger partial charge in [0.05, 0.1) is 20.8 Å². The van der Waals surface area contributed by atoms with Crippen molar-refractivity contribution in [2.45, 2.75) is 13.3 Å². The van der Waals surface area contributed by atoms with Crippen molar-refractivity contribution in [2.24, 2.45) is 0 Å². The maximum atomic E-state index is 12.1. The largest absolute Gasteiger partial charge is 0.494 e. The SMILES string of the molecule is CCCOc1ccc(NC(=S)NC(=O)C=Cc2ccc(OC)c(OC)c2)cc1. The van der Waals surface area contributed by atoms with Gasteiger partial charge in [-0.1, -0.05) is 13.0 Å². The number of ether oxygens (including phenoxy) is 3. The minimum Gasteiger partial charge on any atom is -0.494 e. The summed E-state index contributed by atoms with van der Waals surface area (Å²) in [5.74, 6) is 1.67. The molecule has 2 aromatic carbocycles. The third kappa shape index (κ3) is 6.59. The molecule has 0 atom stereocenters. The Bertz CT molecular complexity index is 835. The topological polar surface area (TPSA) is 68.8 Å². The Morgan fingerprint density at radius 2 is 1.79 bits per heavy atom. The van der Waals surface area contributed by atoms with Gasteiger partial charge < -0.3 is 19.5 Å². The van der Waals surface area contributed by atoms with Crippen LogP contribution in [0.1, 0.15) is 18.9 Å². The van der Waals surface area contributed by atoms with Crippen molar-refractivity contribution in [2.75, 3.05) is 26.1 Å². The molecule has 0 saturated heterocycles. The Hall–Kier alpha value is -3.06. The Balaban J connectivity index is 1.88. The molecular formula is C21H24N2O4S. The summed E-state index contributed by atoms with van der Waals surface area (Å²) in [6.45, 7) is 2.73. The second-order valence-corrected chi connectivity index (χ2v) is 6.17. The minimum atomic E-state index is -0.338. The number of carbonyl (C=O) groups is 1. The highest BCUT2D eigenvalue weighted by molar-refractivity contribution is 7.80. The fourth-order valence-corrected chi connectivity index (χ4v) is 2.52. The van der Waals surface area contributed by atoms with E-state index in [0.29, 0.717) is 18.1 Å². The average Bonchev–Trinajstić information content (AvgIpc) is 2.71. The maximum absolute atomic E-state index is 12.1. The van der Waals surface area contributed by atoms with Crippen molar-refractivity contribution in [3.8, 4) is 17.2 Å². The van der Waals surface area contributed by atoms with Crippen LogP contribution in [-0.2, 0) is 4.79 Å². The lowest BCUT2D eigenvalue weighted by Crippen LogP contribution is -2.32. The molecule has 0 fully saturated rings. The minimum absolute atomic E-state index is 0.212. The first kappa shape index (κ1) is 21.2. The molecule has 28 heavy (non-hydrogen) atoms. The van der Waals surface area contributed by atoms with Crippen LogP contribution in [0.5, 0.6) is 17.2 Å². The summed E-state index contributed by atoms with van der Waals surface area (Å²) >= 11 is 5.17. The molecule has 0 aliphatic carbocycles. The molecular weight excluding hydrogens is 376 g/mol. The summed E-state index contributed by atoms with van der Waals surface area (Å²) in [7, 11) is 3.13. The van der Waals surface area contributed by atoms with Crippen molar-refractivity contribution in [3.05, 3.63) is 54.1 Å². The second kappa shape index (κ2) is 10.9. The summed E-state index contributed by atoms with van der Waals surface area (Å²) in [5.41, 5.74) is 1.56. The molecule has 0 heterocycles. The van der Waals surface area contributed by atoms with Crippen LogP contribution in [0.25, 0.3) is 6.08 Å². The molecule has 2 rings (SSSR count). The molecule has 1 amide bonds. The third-order valence-electron chi connectivity index (χ3n) is 3.66. The monoisotopic (exact) mass is 400 g/mol. The molecule has 6 nitrogen and oxygen atoms in total. The van der Waals surface area contributed by atoms with Gasteiger partial charge in [0, 0.05) is 11.8 Å². The number of methoxy groups -OCH3 is 2. The lowest BCUT2D eigenvalue weighted by molar-refractivity contribution is -0.115. The summed E-state index contributed by atoms with van der Waals surface area (Å²) in [5, 5.41) is 5.78. The Morgan fingerprint density at radius 1 is 1.07 bits per heavy atom. The van der Waals surface area contributed by atoms with Crippen molar-refractivity contribution in [1.82, 2.24) is 5.32 Å². The number of nitrogens with one attached hydrogen (secondary N) is 2. The van der Waals surface area contributed by atoms with E-state index in [9.17, 15) is 4.79 Å². The van der Waals surface area contributed by atoms with E-state index in [4.69, 9.17) is 26.4 Å². The lowest BCUT2D eigenvalue weighted by atomic mass is 10.2. The highest BCUT2D eigenvalue weighted by Gasteiger charge is 2.05. The average molecular weight is 401 g/mol. The van der Waals surface area contributed by atoms with E-state index in [-0.39, 0.29) is 11.0 Å². The fourth-order valence-electron chi connectivity index (χ4n) is 2.30. The fraction of sp³-hybridized carbons (Fsp3) is 0.238. The highest BCUT2D eigenvalue weighted by atomic mass is 32.1. The normalized spacial score (nSPS) is 10.4. The van der Waals surface area contributed by atoms with Gasteiger partial charge in [0.25, 0.3) is 0 Å². The lowest BCUT2D eigenvalue weighted by Gasteiger charge is -2.10. The van der Waals surface area contributed by atoms with Crippen LogP contribution in [0.4, 0.5) is 5.69 Å². The van der Waals surface area contributed by atoms with E-state index in [1.807, 2.05) is 30.3 Å². The summed E-state index contributed by atoms with van der Waals surface area (Å²) in [6, 6.07) is 12.7. The van der Waals surface area contributed by atoms with Crippen LogP contribution in [-0.4, -0.2) is 31.8 Å². The van der Waals surface area contributed by atoms with Crippen LogP contribution in [0, 0.1) is 0 Å². The molecule has 148 valence electrons. The first-order valence-electron chi connectivity index (χ1n) is 8.80. The van der Waals surface area contributed by atoms with Crippen molar-refractivity contribution in [1.29, 1.82) is 0 Å². The van der Waals surface area contributed by atoms with Gasteiger partial charge in [-0.2, -0.15) is 0 Å². The van der Waals surface area contributed by atoms with Gasteiger partial charge in [0.15, 0.2) is 16.6 Å². The molecule has 0 radical (unpaired) electrons. The summed E-state index contributed by atoms with van der Waals surface area (Å²) < 4.78 is 16.0. The van der Waals surface area contributed by atoms with Crippen LogP contribution in [0.3, 0.4) is 0 Å². The molecule has 0 aliphatic rings. The predicted octanol–water partition coefficient (Wildman–Crippen LogP) is 4.02. The van der Waals surface area contributed by atoms with Crippen LogP contribution in [0.15, 0.2) is 48.5 Å². The van der Waals surface area contributed by atoms with Gasteiger partial charge in [-0.15, -0.1) is 0 Å². The molecule has 0 saturated carbocycles. The summed E-state index contributed by atoms with van der Waals surface area (Å²) in [4.78, 5) is 12.1. The van der Waals surface area contributed by atoms with E-state index in [0.717, 1.165) is 23.4 Å². The zero-order chi connectivity index (χ0) is 20.4. The van der Waals surface area contributed by atoms with Gasteiger partial charge in [-0.3, -0.25) is 10.1 Å². The van der Waals surface area contributed by atoms with Crippen LogP contribution >= 0.6 is 12.2 Å². The maximum Gasteiger partial charge on any atom is 0.250 e. The number of anilines is 1. The first-order valence-corrected chi connectivity index (χ1v) is 9.21. The van der Waals surface area contributed by atoms with Crippen molar-refractivity contribution in [3.63, 3.8) is 0 Å². The number of hydrogen-bond donors (Lipinski definition) is 2. The number of thiocarbonyl (C=S) groups is 1. The van der Waals surface area contributed by atoms with E-state index in [1.165, 1.54) is 6.08 Å². The van der Waals surface area contributed by atoms with Gasteiger partial charge >= 0.3 is 0 Å². The van der Waals surface area contributed by atoms with Gasteiger partial charge in [-0.05, 0) is 66.7 Å². The van der Waals surface area contributed by atoms with Gasteiger partial charge in [0.1, 0.15) is 5.75 Å². The van der Waals surface area contributed by atoms with Gasteiger partial charge in [0.2, 0.25) is 5.91 Å². The molecule has 2 N–H and O–H groups in total. The Kier molecular flexibility index (Phi) is 8.30. The standard InChI is InChI=1S/C21H24N2O4S/c1-4-13-27-17-9-7-16(8-10-17)22-21(28)23-20(24)12-6-15-5-11-18(25-2)19(14-15)26-3/h5-12,14H,4,13H2,1-3H3,(H2,22,23,24,28). The van der Waals surface area contributed by atoms with Crippen LogP contribution in [0.2, 0.25) is 0 Å². The quantitative estimate of drug-likeness (QED) is 0.515. The van der Waals surface area contributed by atoms with Crippen LogP contribution < -0.4 is 24.8 Å².